The van der Waals surface area contributed by atoms with Gasteiger partial charge in [0.15, 0.2) is 5.96 Å². The van der Waals surface area contributed by atoms with Gasteiger partial charge < -0.3 is 15.1 Å². The molecule has 0 spiro atoms. The summed E-state index contributed by atoms with van der Waals surface area (Å²) in [6.45, 7) is 12.1. The maximum absolute atomic E-state index is 5.75. The van der Waals surface area contributed by atoms with E-state index in [-0.39, 0.29) is 10.2 Å². The van der Waals surface area contributed by atoms with Crippen molar-refractivity contribution in [1.82, 2.24) is 15.6 Å². The average Bonchev–Trinajstić information content (AvgIpc) is 2.88. The van der Waals surface area contributed by atoms with Crippen LogP contribution in [0.15, 0.2) is 15.6 Å². The molecule has 0 amide bonds. The minimum atomic E-state index is -0.0203. The fourth-order valence-corrected chi connectivity index (χ4v) is 1.70. The van der Waals surface area contributed by atoms with Crippen LogP contribution in [0.4, 0.5) is 0 Å². The summed E-state index contributed by atoms with van der Waals surface area (Å²) in [4.78, 5) is 8.51. The largest absolute Gasteiger partial charge is 0.443 e. The maximum Gasteiger partial charge on any atom is 0.213 e. The van der Waals surface area contributed by atoms with Crippen molar-refractivity contribution in [3.63, 3.8) is 0 Å². The van der Waals surface area contributed by atoms with E-state index in [2.05, 4.69) is 61.5 Å². The Morgan fingerprint density at radius 3 is 2.43 bits per heavy atom. The first-order valence-electron chi connectivity index (χ1n) is 7.13. The van der Waals surface area contributed by atoms with Crippen LogP contribution in [0.3, 0.4) is 0 Å². The van der Waals surface area contributed by atoms with Gasteiger partial charge in [0.05, 0.1) is 12.7 Å². The predicted molar refractivity (Wildman–Crippen MR) is 91.0 cm³/mol. The van der Waals surface area contributed by atoms with Crippen molar-refractivity contribution in [2.45, 2.75) is 51.3 Å². The second kappa shape index (κ2) is 7.20. The van der Waals surface area contributed by atoms with E-state index < -0.39 is 0 Å². The van der Waals surface area contributed by atoms with E-state index in [0.717, 1.165) is 18.3 Å². The van der Waals surface area contributed by atoms with Crippen LogP contribution in [0.5, 0.6) is 0 Å². The van der Waals surface area contributed by atoms with E-state index in [4.69, 9.17) is 4.42 Å². The zero-order valence-corrected chi connectivity index (χ0v) is 15.0. The van der Waals surface area contributed by atoms with Crippen molar-refractivity contribution in [1.29, 1.82) is 0 Å². The first kappa shape index (κ1) is 17.9. The Labute approximate surface area is 132 Å². The molecule has 0 aliphatic heterocycles. The van der Waals surface area contributed by atoms with Gasteiger partial charge in [-0.1, -0.05) is 20.8 Å². The molecule has 21 heavy (non-hydrogen) atoms. The summed E-state index contributed by atoms with van der Waals surface area (Å²) in [6, 6.07) is 0. The third-order valence-corrected chi connectivity index (χ3v) is 4.41. The molecular weight excluding hydrogens is 284 g/mol. The number of nitrogens with one attached hydrogen (secondary N) is 2. The van der Waals surface area contributed by atoms with Crippen molar-refractivity contribution in [2.24, 2.45) is 4.99 Å². The van der Waals surface area contributed by atoms with Crippen molar-refractivity contribution in [3.8, 4) is 0 Å². The lowest BCUT2D eigenvalue weighted by Gasteiger charge is -2.23. The number of hydrogen-bond acceptors (Lipinski definition) is 4. The van der Waals surface area contributed by atoms with Crippen LogP contribution >= 0.6 is 11.8 Å². The first-order chi connectivity index (χ1) is 9.68. The molecule has 0 aromatic carbocycles. The van der Waals surface area contributed by atoms with Gasteiger partial charge in [-0.15, -0.1) is 0 Å². The van der Waals surface area contributed by atoms with Crippen LogP contribution in [0.25, 0.3) is 0 Å². The van der Waals surface area contributed by atoms with Gasteiger partial charge in [0.25, 0.3) is 0 Å². The van der Waals surface area contributed by atoms with E-state index in [1.807, 2.05) is 11.8 Å². The van der Waals surface area contributed by atoms with Gasteiger partial charge in [0.2, 0.25) is 5.89 Å². The molecule has 120 valence electrons. The Hall–Kier alpha value is -1.17. The maximum atomic E-state index is 5.75. The minimum absolute atomic E-state index is 0.0203. The fraction of sp³-hybridized carbons (Fsp3) is 0.733. The molecule has 6 heteroatoms. The number of oxazole rings is 1. The van der Waals surface area contributed by atoms with Gasteiger partial charge in [-0.05, 0) is 20.1 Å². The normalized spacial score (nSPS) is 13.4. The predicted octanol–water partition coefficient (Wildman–Crippen LogP) is 2.78. The summed E-state index contributed by atoms with van der Waals surface area (Å²) in [5.41, 5.74) is -0.0203. The van der Waals surface area contributed by atoms with Crippen molar-refractivity contribution in [2.75, 3.05) is 19.8 Å². The Morgan fingerprint density at radius 1 is 1.29 bits per heavy atom. The second-order valence-electron chi connectivity index (χ2n) is 6.61. The van der Waals surface area contributed by atoms with E-state index in [9.17, 15) is 0 Å². The Bertz CT molecular complexity index is 474. The lowest BCUT2D eigenvalue weighted by Crippen LogP contribution is -2.43. The van der Waals surface area contributed by atoms with Gasteiger partial charge in [0, 0.05) is 23.8 Å². The number of thioether (sulfide) groups is 1. The molecule has 2 N–H and O–H groups in total. The molecule has 1 rings (SSSR count). The molecule has 1 heterocycles. The summed E-state index contributed by atoms with van der Waals surface area (Å²) >= 11 is 1.82. The number of rotatable bonds is 5. The Kier molecular flexibility index (Phi) is 6.13. The molecular formula is C15H28N4OS. The standard InChI is InChI=1S/C15H28N4OS/c1-14(2,3)11-8-17-12(20-11)9-18-13(16-6)19-10-15(4,5)21-7/h8H,9-10H2,1-7H3,(H2,16,18,19). The van der Waals surface area contributed by atoms with Gasteiger partial charge in [0.1, 0.15) is 5.76 Å². The summed E-state index contributed by atoms with van der Waals surface area (Å²) in [7, 11) is 1.76. The average molecular weight is 312 g/mol. The lowest BCUT2D eigenvalue weighted by molar-refractivity contribution is 0.379. The lowest BCUT2D eigenvalue weighted by atomic mass is 9.94. The van der Waals surface area contributed by atoms with Crippen molar-refractivity contribution >= 4 is 17.7 Å². The van der Waals surface area contributed by atoms with Crippen LogP contribution < -0.4 is 10.6 Å². The zero-order valence-electron chi connectivity index (χ0n) is 14.2. The van der Waals surface area contributed by atoms with E-state index in [1.54, 1.807) is 13.2 Å². The highest BCUT2D eigenvalue weighted by molar-refractivity contribution is 7.99. The van der Waals surface area contributed by atoms with E-state index in [0.29, 0.717) is 12.4 Å². The number of nitrogens with zero attached hydrogens (tertiary/aromatic N) is 2. The molecule has 0 fully saturated rings. The Balaban J connectivity index is 2.51. The summed E-state index contributed by atoms with van der Waals surface area (Å²) in [6.07, 6.45) is 3.91. The SMILES string of the molecule is CN=C(NCc1ncc(C(C)(C)C)o1)NCC(C)(C)SC. The molecule has 0 saturated heterocycles. The van der Waals surface area contributed by atoms with E-state index >= 15 is 0 Å². The zero-order chi connectivity index (χ0) is 16.1. The van der Waals surface area contributed by atoms with Gasteiger partial charge >= 0.3 is 0 Å². The second-order valence-corrected chi connectivity index (χ2v) is 8.12. The third kappa shape index (κ3) is 5.99. The van der Waals surface area contributed by atoms with Crippen LogP contribution in [0.1, 0.15) is 46.3 Å². The molecule has 0 aliphatic carbocycles. The van der Waals surface area contributed by atoms with Crippen LogP contribution in [0.2, 0.25) is 0 Å². The van der Waals surface area contributed by atoms with Gasteiger partial charge in [-0.2, -0.15) is 11.8 Å². The topological polar surface area (TPSA) is 62.5 Å². The molecule has 0 aliphatic rings. The number of guanidine groups is 1. The van der Waals surface area contributed by atoms with E-state index in [1.165, 1.54) is 0 Å². The molecule has 1 aromatic rings. The van der Waals surface area contributed by atoms with Crippen LogP contribution in [-0.2, 0) is 12.0 Å². The van der Waals surface area contributed by atoms with Gasteiger partial charge in [-0.25, -0.2) is 4.98 Å². The molecule has 0 atom stereocenters. The highest BCUT2D eigenvalue weighted by atomic mass is 32.2. The number of aliphatic imine (C=N–C) groups is 1. The monoisotopic (exact) mass is 312 g/mol. The molecule has 5 nitrogen and oxygen atoms in total. The summed E-state index contributed by atoms with van der Waals surface area (Å²) in [5, 5.41) is 6.54. The Morgan fingerprint density at radius 2 is 1.95 bits per heavy atom. The molecule has 0 unspecified atom stereocenters. The van der Waals surface area contributed by atoms with Crippen LogP contribution in [0, 0.1) is 0 Å². The third-order valence-electron chi connectivity index (χ3n) is 3.16. The quantitative estimate of drug-likeness (QED) is 0.646. The molecule has 0 bridgehead atoms. The first-order valence-corrected chi connectivity index (χ1v) is 8.35. The molecule has 1 aromatic heterocycles. The highest BCUT2D eigenvalue weighted by Crippen LogP contribution is 2.22. The van der Waals surface area contributed by atoms with Crippen molar-refractivity contribution in [3.05, 3.63) is 17.8 Å². The summed E-state index contributed by atoms with van der Waals surface area (Å²) in [5.74, 6) is 2.32. The van der Waals surface area contributed by atoms with Crippen molar-refractivity contribution < 1.29 is 4.42 Å². The minimum Gasteiger partial charge on any atom is -0.443 e. The smallest absolute Gasteiger partial charge is 0.213 e. The van der Waals surface area contributed by atoms with Crippen LogP contribution in [-0.4, -0.2) is 35.5 Å². The molecule has 0 radical (unpaired) electrons. The highest BCUT2D eigenvalue weighted by Gasteiger charge is 2.19. The molecule has 0 saturated carbocycles. The van der Waals surface area contributed by atoms with Gasteiger partial charge in [-0.3, -0.25) is 4.99 Å². The fourth-order valence-electron chi connectivity index (χ4n) is 1.49. The number of hydrogen-bond donors (Lipinski definition) is 2. The summed E-state index contributed by atoms with van der Waals surface area (Å²) < 4.78 is 5.92. The number of aromatic nitrogens is 1.